The van der Waals surface area contributed by atoms with E-state index in [-0.39, 0.29) is 0 Å². The molecule has 2 rings (SSSR count). The SMILES string of the molecule is FC(F)(F)c1ccn(CCc2nc(CCl)cs2)n1. The van der Waals surface area contributed by atoms with Crippen LogP contribution in [0.1, 0.15) is 16.4 Å². The molecule has 98 valence electrons. The van der Waals surface area contributed by atoms with Crippen LogP contribution in [0.25, 0.3) is 0 Å². The van der Waals surface area contributed by atoms with Gasteiger partial charge in [-0.05, 0) is 6.07 Å². The summed E-state index contributed by atoms with van der Waals surface area (Å²) < 4.78 is 38.2. The minimum absolute atomic E-state index is 0.344. The Hall–Kier alpha value is -1.08. The van der Waals surface area contributed by atoms with E-state index in [9.17, 15) is 13.2 Å². The predicted molar refractivity (Wildman–Crippen MR) is 62.6 cm³/mol. The lowest BCUT2D eigenvalue weighted by atomic mass is 10.4. The summed E-state index contributed by atoms with van der Waals surface area (Å²) in [6, 6.07) is 0.964. The van der Waals surface area contributed by atoms with Crippen molar-refractivity contribution in [2.75, 3.05) is 0 Å². The van der Waals surface area contributed by atoms with Gasteiger partial charge in [0.15, 0.2) is 5.69 Å². The van der Waals surface area contributed by atoms with E-state index >= 15 is 0 Å². The lowest BCUT2D eigenvalue weighted by molar-refractivity contribution is -0.141. The van der Waals surface area contributed by atoms with Crippen molar-refractivity contribution in [2.45, 2.75) is 25.0 Å². The van der Waals surface area contributed by atoms with Crippen LogP contribution >= 0.6 is 22.9 Å². The van der Waals surface area contributed by atoms with Crippen LogP contribution in [-0.2, 0) is 25.0 Å². The zero-order chi connectivity index (χ0) is 13.2. The summed E-state index contributed by atoms with van der Waals surface area (Å²) in [5, 5.41) is 6.15. The molecule has 0 spiro atoms. The summed E-state index contributed by atoms with van der Waals surface area (Å²) in [5.74, 6) is 0.344. The molecular formula is C10H9ClF3N3S. The molecule has 0 N–H and O–H groups in total. The highest BCUT2D eigenvalue weighted by Crippen LogP contribution is 2.27. The molecule has 0 saturated heterocycles. The Morgan fingerprint density at radius 3 is 2.72 bits per heavy atom. The molecule has 0 saturated carbocycles. The fourth-order valence-electron chi connectivity index (χ4n) is 1.37. The molecule has 0 aliphatic rings. The molecule has 2 aromatic heterocycles. The van der Waals surface area contributed by atoms with E-state index in [2.05, 4.69) is 10.1 Å². The molecule has 8 heteroatoms. The second-order valence-corrected chi connectivity index (χ2v) is 4.79. The standard InChI is InChI=1S/C10H9ClF3N3S/c11-5-7-6-18-9(15-7)2-4-17-3-1-8(16-17)10(12,13)14/h1,3,6H,2,4-5H2. The van der Waals surface area contributed by atoms with E-state index in [4.69, 9.17) is 11.6 Å². The average Bonchev–Trinajstić information content (AvgIpc) is 2.94. The molecule has 0 bridgehead atoms. The van der Waals surface area contributed by atoms with E-state index < -0.39 is 11.9 Å². The van der Waals surface area contributed by atoms with Gasteiger partial charge in [0, 0.05) is 24.5 Å². The molecule has 0 radical (unpaired) electrons. The van der Waals surface area contributed by atoms with Crippen LogP contribution in [0, 0.1) is 0 Å². The normalized spacial score (nSPS) is 12.0. The monoisotopic (exact) mass is 295 g/mol. The third-order valence-electron chi connectivity index (χ3n) is 2.22. The van der Waals surface area contributed by atoms with Gasteiger partial charge in [-0.25, -0.2) is 4.98 Å². The maximum absolute atomic E-state index is 12.3. The van der Waals surface area contributed by atoms with Crippen molar-refractivity contribution in [1.82, 2.24) is 14.8 Å². The number of hydrogen-bond acceptors (Lipinski definition) is 3. The quantitative estimate of drug-likeness (QED) is 0.810. The number of nitrogens with zero attached hydrogens (tertiary/aromatic N) is 3. The maximum atomic E-state index is 12.3. The molecule has 0 aliphatic heterocycles. The van der Waals surface area contributed by atoms with E-state index in [0.29, 0.717) is 18.8 Å². The Morgan fingerprint density at radius 1 is 1.39 bits per heavy atom. The van der Waals surface area contributed by atoms with Crippen LogP contribution in [0.15, 0.2) is 17.6 Å². The van der Waals surface area contributed by atoms with Gasteiger partial charge in [0.05, 0.1) is 16.6 Å². The van der Waals surface area contributed by atoms with Crippen LogP contribution in [0.5, 0.6) is 0 Å². The first-order chi connectivity index (χ1) is 8.49. The average molecular weight is 296 g/mol. The Bertz CT molecular complexity index is 520. The Balaban J connectivity index is 1.96. The van der Waals surface area contributed by atoms with E-state index in [1.165, 1.54) is 22.2 Å². The summed E-state index contributed by atoms with van der Waals surface area (Å²) >= 11 is 7.06. The van der Waals surface area contributed by atoms with Gasteiger partial charge >= 0.3 is 6.18 Å². The van der Waals surface area contributed by atoms with Gasteiger partial charge in [-0.15, -0.1) is 22.9 Å². The van der Waals surface area contributed by atoms with Gasteiger partial charge in [-0.2, -0.15) is 18.3 Å². The summed E-state index contributed by atoms with van der Waals surface area (Å²) in [5.41, 5.74) is -0.0869. The second-order valence-electron chi connectivity index (χ2n) is 3.58. The summed E-state index contributed by atoms with van der Waals surface area (Å²) in [7, 11) is 0. The molecule has 3 nitrogen and oxygen atoms in total. The Morgan fingerprint density at radius 2 is 2.17 bits per heavy atom. The fraction of sp³-hybridized carbons (Fsp3) is 0.400. The van der Waals surface area contributed by atoms with Gasteiger partial charge < -0.3 is 0 Å². The van der Waals surface area contributed by atoms with Gasteiger partial charge in [0.25, 0.3) is 0 Å². The van der Waals surface area contributed by atoms with Crippen molar-refractivity contribution in [3.05, 3.63) is 34.0 Å². The lowest BCUT2D eigenvalue weighted by Crippen LogP contribution is -2.08. The fourth-order valence-corrected chi connectivity index (χ4v) is 2.39. The second kappa shape index (κ2) is 5.27. The minimum atomic E-state index is -4.39. The van der Waals surface area contributed by atoms with Crippen molar-refractivity contribution in [3.63, 3.8) is 0 Å². The lowest BCUT2D eigenvalue weighted by Gasteiger charge is -2.01. The first-order valence-electron chi connectivity index (χ1n) is 5.09. The molecule has 0 fully saturated rings. The van der Waals surface area contributed by atoms with Gasteiger partial charge in [0.2, 0.25) is 0 Å². The molecule has 0 aromatic carbocycles. The highest BCUT2D eigenvalue weighted by molar-refractivity contribution is 7.09. The van der Waals surface area contributed by atoms with Crippen LogP contribution < -0.4 is 0 Å². The van der Waals surface area contributed by atoms with Crippen molar-refractivity contribution < 1.29 is 13.2 Å². The molecule has 0 unspecified atom stereocenters. The van der Waals surface area contributed by atoms with E-state index in [0.717, 1.165) is 16.8 Å². The van der Waals surface area contributed by atoms with Gasteiger partial charge in [-0.3, -0.25) is 4.68 Å². The zero-order valence-corrected chi connectivity index (χ0v) is 10.7. The highest BCUT2D eigenvalue weighted by atomic mass is 35.5. The van der Waals surface area contributed by atoms with E-state index in [1.54, 1.807) is 0 Å². The van der Waals surface area contributed by atoms with Crippen LogP contribution in [0.3, 0.4) is 0 Å². The molecule has 0 amide bonds. The highest BCUT2D eigenvalue weighted by Gasteiger charge is 2.33. The smallest absolute Gasteiger partial charge is 0.272 e. The van der Waals surface area contributed by atoms with Crippen molar-refractivity contribution in [2.24, 2.45) is 0 Å². The number of thiazole rings is 1. The largest absolute Gasteiger partial charge is 0.435 e. The van der Waals surface area contributed by atoms with Crippen LogP contribution in [0.2, 0.25) is 0 Å². The number of aromatic nitrogens is 3. The number of alkyl halides is 4. The minimum Gasteiger partial charge on any atom is -0.272 e. The van der Waals surface area contributed by atoms with Crippen LogP contribution in [0.4, 0.5) is 13.2 Å². The number of aryl methyl sites for hydroxylation is 2. The number of halogens is 4. The van der Waals surface area contributed by atoms with Gasteiger partial charge in [0.1, 0.15) is 0 Å². The number of rotatable bonds is 4. The molecule has 0 atom stereocenters. The predicted octanol–water partition coefficient (Wildman–Crippen LogP) is 3.34. The molecule has 0 aliphatic carbocycles. The third-order valence-corrected chi connectivity index (χ3v) is 3.45. The van der Waals surface area contributed by atoms with Gasteiger partial charge in [-0.1, -0.05) is 0 Å². The van der Waals surface area contributed by atoms with Crippen molar-refractivity contribution in [3.8, 4) is 0 Å². The van der Waals surface area contributed by atoms with Crippen LogP contribution in [-0.4, -0.2) is 14.8 Å². The first kappa shape index (κ1) is 13.4. The zero-order valence-electron chi connectivity index (χ0n) is 9.12. The summed E-state index contributed by atoms with van der Waals surface area (Å²) in [6.45, 7) is 0.366. The molecule has 2 heterocycles. The molecule has 2 aromatic rings. The van der Waals surface area contributed by atoms with Crippen molar-refractivity contribution in [1.29, 1.82) is 0 Å². The molecular weight excluding hydrogens is 287 g/mol. The summed E-state index contributed by atoms with van der Waals surface area (Å²) in [4.78, 5) is 4.22. The number of hydrogen-bond donors (Lipinski definition) is 0. The Kier molecular flexibility index (Phi) is 3.91. The topological polar surface area (TPSA) is 30.7 Å². The maximum Gasteiger partial charge on any atom is 0.435 e. The van der Waals surface area contributed by atoms with E-state index in [1.807, 2.05) is 5.38 Å². The first-order valence-corrected chi connectivity index (χ1v) is 6.50. The Labute approximate surface area is 110 Å². The third kappa shape index (κ3) is 3.23. The van der Waals surface area contributed by atoms with Crippen molar-refractivity contribution >= 4 is 22.9 Å². The molecule has 18 heavy (non-hydrogen) atoms. The summed E-state index contributed by atoms with van der Waals surface area (Å²) in [6.07, 6.45) is -2.53.